The van der Waals surface area contributed by atoms with Crippen molar-refractivity contribution in [3.8, 4) is 0 Å². The number of carbonyl (C=O) groups excluding carboxylic acids is 1. The number of halogens is 1. The molecule has 1 N–H and O–H groups in total. The molecule has 0 bridgehead atoms. The summed E-state index contributed by atoms with van der Waals surface area (Å²) in [7, 11) is 0. The van der Waals surface area contributed by atoms with Crippen LogP contribution in [0, 0.1) is 0 Å². The smallest absolute Gasteiger partial charge is 0.271 e. The van der Waals surface area contributed by atoms with Gasteiger partial charge < -0.3 is 5.32 Å². The Balaban J connectivity index is 2.61. The highest BCUT2D eigenvalue weighted by Crippen LogP contribution is 2.08. The Bertz CT molecular complexity index is 284. The highest BCUT2D eigenvalue weighted by atomic mass is 79.9. The van der Waals surface area contributed by atoms with E-state index in [0.29, 0.717) is 5.69 Å². The summed E-state index contributed by atoms with van der Waals surface area (Å²) >= 11 is 4.75. The van der Waals surface area contributed by atoms with Gasteiger partial charge in [-0.15, -0.1) is 11.3 Å². The van der Waals surface area contributed by atoms with E-state index in [1.807, 2.05) is 13.8 Å². The van der Waals surface area contributed by atoms with E-state index in [4.69, 9.17) is 0 Å². The zero-order chi connectivity index (χ0) is 9.90. The average molecular weight is 263 g/mol. The van der Waals surface area contributed by atoms with Gasteiger partial charge in [0.1, 0.15) is 5.69 Å². The van der Waals surface area contributed by atoms with Crippen molar-refractivity contribution in [3.05, 3.63) is 16.6 Å². The molecule has 72 valence electrons. The molecule has 1 amide bonds. The summed E-state index contributed by atoms with van der Waals surface area (Å²) in [6.07, 6.45) is 0. The van der Waals surface area contributed by atoms with Crippen LogP contribution in [0.15, 0.2) is 10.9 Å². The van der Waals surface area contributed by atoms with Gasteiger partial charge in [0.15, 0.2) is 0 Å². The van der Waals surface area contributed by atoms with E-state index in [0.717, 1.165) is 5.33 Å². The minimum Gasteiger partial charge on any atom is -0.345 e. The number of carbonyl (C=O) groups is 1. The van der Waals surface area contributed by atoms with Gasteiger partial charge >= 0.3 is 0 Å². The van der Waals surface area contributed by atoms with Crippen molar-refractivity contribution < 1.29 is 4.79 Å². The fourth-order valence-corrected chi connectivity index (χ4v) is 1.40. The van der Waals surface area contributed by atoms with Crippen LogP contribution in [0.2, 0.25) is 0 Å². The van der Waals surface area contributed by atoms with E-state index in [-0.39, 0.29) is 11.4 Å². The lowest BCUT2D eigenvalue weighted by atomic mass is 10.1. The molecule has 0 aliphatic rings. The first-order valence-electron chi connectivity index (χ1n) is 3.82. The lowest BCUT2D eigenvalue weighted by Crippen LogP contribution is -2.44. The normalized spacial score (nSPS) is 11.3. The second-order valence-corrected chi connectivity index (χ2v) is 4.62. The molecule has 0 spiro atoms. The number of nitrogens with one attached hydrogen (secondary N) is 1. The van der Waals surface area contributed by atoms with Crippen molar-refractivity contribution in [2.75, 3.05) is 5.33 Å². The Hall–Kier alpha value is -0.420. The van der Waals surface area contributed by atoms with E-state index in [1.165, 1.54) is 11.3 Å². The van der Waals surface area contributed by atoms with Crippen molar-refractivity contribution in [3.63, 3.8) is 0 Å². The summed E-state index contributed by atoms with van der Waals surface area (Å²) in [5, 5.41) is 5.32. The zero-order valence-electron chi connectivity index (χ0n) is 7.50. The van der Waals surface area contributed by atoms with Crippen LogP contribution in [0.25, 0.3) is 0 Å². The summed E-state index contributed by atoms with van der Waals surface area (Å²) in [4.78, 5) is 15.4. The third kappa shape index (κ3) is 3.08. The zero-order valence-corrected chi connectivity index (χ0v) is 9.91. The predicted octanol–water partition coefficient (Wildman–Crippen LogP) is 2.05. The summed E-state index contributed by atoms with van der Waals surface area (Å²) in [6.45, 7) is 3.90. The first-order chi connectivity index (χ1) is 6.05. The molecule has 3 nitrogen and oxygen atoms in total. The summed E-state index contributed by atoms with van der Waals surface area (Å²) in [5.41, 5.74) is 1.90. The first kappa shape index (κ1) is 10.7. The van der Waals surface area contributed by atoms with Crippen molar-refractivity contribution in [2.24, 2.45) is 0 Å². The Morgan fingerprint density at radius 3 is 2.92 bits per heavy atom. The molecule has 0 atom stereocenters. The molecule has 1 aromatic rings. The Kier molecular flexibility index (Phi) is 3.44. The van der Waals surface area contributed by atoms with Crippen LogP contribution >= 0.6 is 27.3 Å². The van der Waals surface area contributed by atoms with Gasteiger partial charge in [-0.25, -0.2) is 4.98 Å². The van der Waals surface area contributed by atoms with Gasteiger partial charge in [0.05, 0.1) is 5.51 Å². The van der Waals surface area contributed by atoms with Crippen molar-refractivity contribution in [2.45, 2.75) is 19.4 Å². The SMILES string of the molecule is CC(C)(CBr)NC(=O)c1cscn1. The first-order valence-corrected chi connectivity index (χ1v) is 5.88. The lowest BCUT2D eigenvalue weighted by molar-refractivity contribution is 0.0917. The maximum absolute atomic E-state index is 11.5. The second kappa shape index (κ2) is 4.19. The molecular formula is C8H11BrN2OS. The number of nitrogens with zero attached hydrogens (tertiary/aromatic N) is 1. The average Bonchev–Trinajstić information content (AvgIpc) is 2.55. The minimum atomic E-state index is -0.235. The molecule has 0 aromatic carbocycles. The van der Waals surface area contributed by atoms with Gasteiger partial charge in [-0.2, -0.15) is 0 Å². The number of hydrogen-bond acceptors (Lipinski definition) is 3. The molecule has 0 saturated carbocycles. The van der Waals surface area contributed by atoms with E-state index in [2.05, 4.69) is 26.2 Å². The minimum absolute atomic E-state index is 0.120. The third-order valence-corrected chi connectivity index (χ3v) is 3.44. The molecule has 0 fully saturated rings. The van der Waals surface area contributed by atoms with E-state index in [1.54, 1.807) is 10.9 Å². The topological polar surface area (TPSA) is 42.0 Å². The molecule has 1 rings (SSSR count). The Morgan fingerprint density at radius 1 is 1.77 bits per heavy atom. The van der Waals surface area contributed by atoms with E-state index >= 15 is 0 Å². The standard InChI is InChI=1S/C8H11BrN2OS/c1-8(2,4-9)11-7(12)6-3-13-5-10-6/h3,5H,4H2,1-2H3,(H,11,12). The third-order valence-electron chi connectivity index (χ3n) is 1.45. The number of amides is 1. The molecule has 0 aliphatic carbocycles. The van der Waals surface area contributed by atoms with Crippen LogP contribution in [0.1, 0.15) is 24.3 Å². The molecule has 13 heavy (non-hydrogen) atoms. The van der Waals surface area contributed by atoms with Crippen LogP contribution in [0.4, 0.5) is 0 Å². The molecule has 1 heterocycles. The number of hydrogen-bond donors (Lipinski definition) is 1. The van der Waals surface area contributed by atoms with Gasteiger partial charge in [0.25, 0.3) is 5.91 Å². The highest BCUT2D eigenvalue weighted by molar-refractivity contribution is 9.09. The number of aromatic nitrogens is 1. The highest BCUT2D eigenvalue weighted by Gasteiger charge is 2.20. The van der Waals surface area contributed by atoms with E-state index in [9.17, 15) is 4.79 Å². The molecule has 0 radical (unpaired) electrons. The van der Waals surface area contributed by atoms with Gasteiger partial charge in [0.2, 0.25) is 0 Å². The van der Waals surface area contributed by atoms with Gasteiger partial charge in [-0.05, 0) is 13.8 Å². The van der Waals surface area contributed by atoms with Crippen LogP contribution in [-0.2, 0) is 0 Å². The maximum Gasteiger partial charge on any atom is 0.271 e. The van der Waals surface area contributed by atoms with Gasteiger partial charge in [0, 0.05) is 16.2 Å². The summed E-state index contributed by atoms with van der Waals surface area (Å²) in [6, 6.07) is 0. The Labute approximate surface area is 89.7 Å². The maximum atomic E-state index is 11.5. The predicted molar refractivity (Wildman–Crippen MR) is 57.5 cm³/mol. The molecule has 5 heteroatoms. The van der Waals surface area contributed by atoms with Crippen LogP contribution in [-0.4, -0.2) is 21.8 Å². The number of thiazole rings is 1. The quantitative estimate of drug-likeness (QED) is 0.848. The monoisotopic (exact) mass is 262 g/mol. The van der Waals surface area contributed by atoms with Crippen molar-refractivity contribution in [1.82, 2.24) is 10.3 Å². The fourth-order valence-electron chi connectivity index (χ4n) is 0.729. The molecule has 0 unspecified atom stereocenters. The number of rotatable bonds is 3. The van der Waals surface area contributed by atoms with Gasteiger partial charge in [-0.3, -0.25) is 4.79 Å². The second-order valence-electron chi connectivity index (χ2n) is 3.35. The summed E-state index contributed by atoms with van der Waals surface area (Å²) < 4.78 is 0. The molecule has 1 aromatic heterocycles. The van der Waals surface area contributed by atoms with Crippen molar-refractivity contribution >= 4 is 33.2 Å². The van der Waals surface area contributed by atoms with Crippen LogP contribution in [0.3, 0.4) is 0 Å². The fraction of sp³-hybridized carbons (Fsp3) is 0.500. The largest absolute Gasteiger partial charge is 0.345 e. The summed E-state index contributed by atoms with van der Waals surface area (Å²) in [5.74, 6) is -0.120. The lowest BCUT2D eigenvalue weighted by Gasteiger charge is -2.22. The van der Waals surface area contributed by atoms with Crippen molar-refractivity contribution in [1.29, 1.82) is 0 Å². The van der Waals surface area contributed by atoms with E-state index < -0.39 is 0 Å². The van der Waals surface area contributed by atoms with Crippen LogP contribution in [0.5, 0.6) is 0 Å². The molecule has 0 saturated heterocycles. The molecular weight excluding hydrogens is 252 g/mol. The van der Waals surface area contributed by atoms with Gasteiger partial charge in [-0.1, -0.05) is 15.9 Å². The van der Waals surface area contributed by atoms with Crippen LogP contribution < -0.4 is 5.32 Å². The Morgan fingerprint density at radius 2 is 2.46 bits per heavy atom. The molecule has 0 aliphatic heterocycles. The number of alkyl halides is 1.